The molecule has 1 unspecified atom stereocenters. The Kier molecular flexibility index (Phi) is 7.51. The van der Waals surface area contributed by atoms with Gasteiger partial charge in [-0.25, -0.2) is 9.59 Å². The smallest absolute Gasteiger partial charge is 0.407 e. The van der Waals surface area contributed by atoms with E-state index in [1.807, 2.05) is 59.2 Å². The van der Waals surface area contributed by atoms with E-state index in [1.165, 1.54) is 14.0 Å². The molecule has 1 aliphatic carbocycles. The van der Waals surface area contributed by atoms with Crippen LogP contribution in [0.2, 0.25) is 0 Å². The molecule has 3 rings (SSSR count). The third-order valence-electron chi connectivity index (χ3n) is 5.89. The van der Waals surface area contributed by atoms with Crippen LogP contribution in [0, 0.1) is 0 Å². The van der Waals surface area contributed by atoms with Gasteiger partial charge in [0.1, 0.15) is 6.61 Å². The van der Waals surface area contributed by atoms with Gasteiger partial charge in [-0.2, -0.15) is 8.78 Å². The van der Waals surface area contributed by atoms with Crippen LogP contribution in [-0.2, 0) is 19.1 Å². The summed E-state index contributed by atoms with van der Waals surface area (Å²) in [5.74, 6) is -7.68. The Morgan fingerprint density at radius 1 is 1.03 bits per heavy atom. The first kappa shape index (κ1) is 25.1. The SMILES string of the molecule is CCC(COC)(NC(=O)C(F)(F)CNC(=O)OCC1c2ccccc2-c2ccccc21)C(=O)O. The minimum Gasteiger partial charge on any atom is -0.479 e. The van der Waals surface area contributed by atoms with Crippen LogP contribution in [0.4, 0.5) is 13.6 Å². The van der Waals surface area contributed by atoms with Gasteiger partial charge >= 0.3 is 18.0 Å². The predicted octanol–water partition coefficient (Wildman–Crippen LogP) is 3.16. The number of fused-ring (bicyclic) bond motifs is 3. The molecule has 0 saturated heterocycles. The van der Waals surface area contributed by atoms with Gasteiger partial charge in [0.05, 0.1) is 13.2 Å². The third-order valence-corrected chi connectivity index (χ3v) is 5.89. The molecule has 0 aliphatic heterocycles. The number of aliphatic carboxylic acids is 1. The van der Waals surface area contributed by atoms with E-state index >= 15 is 0 Å². The normalized spacial score (nSPS) is 14.5. The number of carboxylic acids is 1. The van der Waals surface area contributed by atoms with Crippen LogP contribution in [0.25, 0.3) is 11.1 Å². The monoisotopic (exact) mass is 476 g/mol. The number of carbonyl (C=O) groups excluding carboxylic acids is 2. The molecule has 2 aromatic rings. The number of halogens is 2. The van der Waals surface area contributed by atoms with Gasteiger partial charge in [-0.3, -0.25) is 4.79 Å². The summed E-state index contributed by atoms with van der Waals surface area (Å²) in [5, 5.41) is 13.1. The molecule has 0 heterocycles. The number of carboxylic acid groups (broad SMARTS) is 1. The molecule has 0 aromatic heterocycles. The topological polar surface area (TPSA) is 114 Å². The molecular formula is C24H26F2N2O6. The van der Waals surface area contributed by atoms with Gasteiger partial charge in [0.2, 0.25) is 0 Å². The van der Waals surface area contributed by atoms with Gasteiger partial charge < -0.3 is 25.2 Å². The standard InChI is InChI=1S/C24H26F2N2O6/c1-3-23(14-33-2,21(30)31)28-20(29)24(25,26)13-27-22(32)34-12-19-17-10-6-4-8-15(17)16-9-5-7-11-18(16)19/h4-11,19H,3,12-14H2,1-2H3,(H,27,32)(H,28,29)(H,30,31). The third kappa shape index (κ3) is 5.01. The van der Waals surface area contributed by atoms with Crippen molar-refractivity contribution in [3.8, 4) is 11.1 Å². The van der Waals surface area contributed by atoms with Crippen LogP contribution >= 0.6 is 0 Å². The number of amides is 2. The zero-order valence-corrected chi connectivity index (χ0v) is 18.8. The summed E-state index contributed by atoms with van der Waals surface area (Å²) in [7, 11) is 1.19. The highest BCUT2D eigenvalue weighted by molar-refractivity contribution is 5.91. The fourth-order valence-corrected chi connectivity index (χ4v) is 3.96. The summed E-state index contributed by atoms with van der Waals surface area (Å²) in [4.78, 5) is 35.8. The molecular weight excluding hydrogens is 450 g/mol. The fraction of sp³-hybridized carbons (Fsp3) is 0.375. The maximum atomic E-state index is 14.4. The van der Waals surface area contributed by atoms with Crippen LogP contribution < -0.4 is 10.6 Å². The predicted molar refractivity (Wildman–Crippen MR) is 119 cm³/mol. The van der Waals surface area contributed by atoms with E-state index in [1.54, 1.807) is 0 Å². The fourth-order valence-electron chi connectivity index (χ4n) is 3.96. The Morgan fingerprint density at radius 2 is 1.59 bits per heavy atom. The minimum absolute atomic E-state index is 0.0799. The van der Waals surface area contributed by atoms with Gasteiger partial charge in [-0.05, 0) is 28.7 Å². The lowest BCUT2D eigenvalue weighted by molar-refractivity contribution is -0.157. The molecule has 1 aliphatic rings. The molecule has 2 aromatic carbocycles. The lowest BCUT2D eigenvalue weighted by atomic mass is 9.97. The summed E-state index contributed by atoms with van der Waals surface area (Å²) in [6.45, 7) is -0.522. The Hall–Kier alpha value is -3.53. The van der Waals surface area contributed by atoms with E-state index in [9.17, 15) is 28.3 Å². The van der Waals surface area contributed by atoms with Crippen molar-refractivity contribution in [3.05, 3.63) is 59.7 Å². The summed E-state index contributed by atoms with van der Waals surface area (Å²) in [6, 6.07) is 15.3. The number of nitrogens with one attached hydrogen (secondary N) is 2. The summed E-state index contributed by atoms with van der Waals surface area (Å²) < 4.78 is 38.7. The largest absolute Gasteiger partial charge is 0.479 e. The molecule has 3 N–H and O–H groups in total. The van der Waals surface area contributed by atoms with Gasteiger partial charge in [0.15, 0.2) is 5.54 Å². The molecule has 1 atom stereocenters. The van der Waals surface area contributed by atoms with Crippen LogP contribution in [0.15, 0.2) is 48.5 Å². The number of ether oxygens (including phenoxy) is 2. The van der Waals surface area contributed by atoms with Gasteiger partial charge in [-0.15, -0.1) is 0 Å². The van der Waals surface area contributed by atoms with Crippen LogP contribution in [0.3, 0.4) is 0 Å². The lowest BCUT2D eigenvalue weighted by Crippen LogP contribution is -2.62. The van der Waals surface area contributed by atoms with E-state index in [-0.39, 0.29) is 18.9 Å². The Labute approximate surface area is 195 Å². The highest BCUT2D eigenvalue weighted by Gasteiger charge is 2.47. The van der Waals surface area contributed by atoms with E-state index < -0.39 is 42.6 Å². The van der Waals surface area contributed by atoms with Crippen molar-refractivity contribution in [3.63, 3.8) is 0 Å². The molecule has 182 valence electrons. The second-order valence-electron chi connectivity index (χ2n) is 8.01. The van der Waals surface area contributed by atoms with E-state index in [0.717, 1.165) is 22.3 Å². The summed E-state index contributed by atoms with van der Waals surface area (Å²) in [5.41, 5.74) is 1.94. The molecule has 0 bridgehead atoms. The first-order valence-electron chi connectivity index (χ1n) is 10.7. The van der Waals surface area contributed by atoms with Crippen molar-refractivity contribution in [1.82, 2.24) is 10.6 Å². The van der Waals surface area contributed by atoms with Crippen molar-refractivity contribution in [2.75, 3.05) is 26.9 Å². The van der Waals surface area contributed by atoms with Crippen molar-refractivity contribution in [1.29, 1.82) is 0 Å². The highest BCUT2D eigenvalue weighted by atomic mass is 19.3. The maximum absolute atomic E-state index is 14.4. The molecule has 8 nitrogen and oxygen atoms in total. The number of rotatable bonds is 10. The number of alkyl halides is 2. The number of hydrogen-bond donors (Lipinski definition) is 3. The van der Waals surface area contributed by atoms with Gasteiger partial charge in [0, 0.05) is 13.0 Å². The second kappa shape index (κ2) is 10.2. The quantitative estimate of drug-likeness (QED) is 0.486. The zero-order valence-electron chi connectivity index (χ0n) is 18.8. The summed E-state index contributed by atoms with van der Waals surface area (Å²) in [6.07, 6.45) is -1.30. The first-order chi connectivity index (χ1) is 16.1. The number of alkyl carbamates (subject to hydrolysis) is 1. The Morgan fingerprint density at radius 3 is 2.09 bits per heavy atom. The van der Waals surface area contributed by atoms with E-state index in [2.05, 4.69) is 0 Å². The second-order valence-corrected chi connectivity index (χ2v) is 8.01. The molecule has 0 spiro atoms. The average molecular weight is 476 g/mol. The molecule has 2 amide bonds. The molecule has 0 saturated carbocycles. The minimum atomic E-state index is -4.07. The number of carbonyl (C=O) groups is 3. The van der Waals surface area contributed by atoms with E-state index in [4.69, 9.17) is 9.47 Å². The van der Waals surface area contributed by atoms with Crippen LogP contribution in [0.1, 0.15) is 30.4 Å². The average Bonchev–Trinajstić information content (AvgIpc) is 3.14. The number of benzene rings is 2. The molecule has 34 heavy (non-hydrogen) atoms. The first-order valence-corrected chi connectivity index (χ1v) is 10.7. The van der Waals surface area contributed by atoms with Crippen molar-refractivity contribution < 1.29 is 37.7 Å². The Balaban J connectivity index is 1.59. The van der Waals surface area contributed by atoms with Crippen LogP contribution in [-0.4, -0.2) is 61.4 Å². The number of hydrogen-bond acceptors (Lipinski definition) is 5. The molecule has 0 radical (unpaired) electrons. The number of methoxy groups -OCH3 is 1. The van der Waals surface area contributed by atoms with Gasteiger partial charge in [0.25, 0.3) is 5.91 Å². The van der Waals surface area contributed by atoms with Crippen molar-refractivity contribution >= 4 is 18.0 Å². The van der Waals surface area contributed by atoms with Gasteiger partial charge in [-0.1, -0.05) is 55.5 Å². The maximum Gasteiger partial charge on any atom is 0.407 e. The van der Waals surface area contributed by atoms with E-state index in [0.29, 0.717) is 0 Å². The van der Waals surface area contributed by atoms with Crippen molar-refractivity contribution in [2.45, 2.75) is 30.7 Å². The summed E-state index contributed by atoms with van der Waals surface area (Å²) >= 11 is 0. The van der Waals surface area contributed by atoms with Crippen LogP contribution in [0.5, 0.6) is 0 Å². The Bertz CT molecular complexity index is 1030. The lowest BCUT2D eigenvalue weighted by Gasteiger charge is -2.30. The van der Waals surface area contributed by atoms with Crippen molar-refractivity contribution in [2.24, 2.45) is 0 Å². The molecule has 0 fully saturated rings. The molecule has 10 heteroatoms. The highest BCUT2D eigenvalue weighted by Crippen LogP contribution is 2.44. The zero-order chi connectivity index (χ0) is 24.9.